The summed E-state index contributed by atoms with van der Waals surface area (Å²) in [6.07, 6.45) is 0.824. The van der Waals surface area contributed by atoms with Crippen LogP contribution in [0.25, 0.3) is 0 Å². The molecule has 4 nitrogen and oxygen atoms in total. The number of carbonyl (C=O) groups is 2. The second-order valence-electron chi connectivity index (χ2n) is 8.30. The van der Waals surface area contributed by atoms with E-state index >= 15 is 0 Å². The summed E-state index contributed by atoms with van der Waals surface area (Å²) in [5, 5.41) is -0.160. The molecular weight excluding hydrogens is 284 g/mol. The molecule has 0 rings (SSSR count). The first-order chi connectivity index (χ1) is 8.58. The molecule has 0 aromatic heterocycles. The van der Waals surface area contributed by atoms with Crippen molar-refractivity contribution in [1.82, 2.24) is 0 Å². The van der Waals surface area contributed by atoms with Crippen LogP contribution in [0, 0.1) is 0 Å². The molecule has 0 aliphatic heterocycles. The summed E-state index contributed by atoms with van der Waals surface area (Å²) in [6.45, 7) is 18.0. The number of nitrogens with two attached hydrogens (primary N) is 2. The molecule has 0 saturated carbocycles. The monoisotopic (exact) mass is 316 g/mol. The minimum absolute atomic E-state index is 0.0799. The molecule has 0 aliphatic carbocycles. The second kappa shape index (κ2) is 5.63. The molecule has 0 radical (unpaired) electrons. The zero-order chi connectivity index (χ0) is 16.6. The molecule has 0 saturated heterocycles. The van der Waals surface area contributed by atoms with Crippen molar-refractivity contribution in [2.75, 3.05) is 0 Å². The first-order valence-corrected chi connectivity index (χ1v) is 14.1. The van der Waals surface area contributed by atoms with Gasteiger partial charge in [-0.05, 0) is 10.1 Å². The highest BCUT2D eigenvalue weighted by Gasteiger charge is 2.57. The maximum atomic E-state index is 11.4. The van der Waals surface area contributed by atoms with E-state index in [-0.39, 0.29) is 21.9 Å². The molecule has 2 amide bonds. The molecule has 0 unspecified atom stereocenters. The lowest BCUT2D eigenvalue weighted by molar-refractivity contribution is -0.119. The predicted octanol–water partition coefficient (Wildman–Crippen LogP) is 2.79. The van der Waals surface area contributed by atoms with Crippen LogP contribution >= 0.6 is 0 Å². The van der Waals surface area contributed by atoms with E-state index in [2.05, 4.69) is 53.9 Å². The molecular formula is C14H32N2O2Si2. The zero-order valence-corrected chi connectivity index (χ0v) is 16.4. The first kappa shape index (κ1) is 19.4. The molecule has 0 aromatic rings. The summed E-state index contributed by atoms with van der Waals surface area (Å²) in [5.74, 6) is -0.485. The molecule has 118 valence electrons. The smallest absolute Gasteiger partial charge is 0.217 e. The molecule has 0 aliphatic rings. The molecule has 20 heavy (non-hydrogen) atoms. The number of hydrogen-bond donors (Lipinski definition) is 2. The average Bonchev–Trinajstić information content (AvgIpc) is 2.11. The Balaban J connectivity index is 5.66. The van der Waals surface area contributed by atoms with Crippen molar-refractivity contribution >= 4 is 27.0 Å². The van der Waals surface area contributed by atoms with Gasteiger partial charge in [0.05, 0.1) is 0 Å². The molecule has 0 heterocycles. The van der Waals surface area contributed by atoms with Gasteiger partial charge >= 0.3 is 0 Å². The number of rotatable bonds is 7. The lowest BCUT2D eigenvalue weighted by Crippen LogP contribution is -2.66. The Bertz CT molecular complexity index is 364. The van der Waals surface area contributed by atoms with Gasteiger partial charge in [-0.15, -0.1) is 0 Å². The molecule has 4 N–H and O–H groups in total. The van der Waals surface area contributed by atoms with E-state index in [0.717, 1.165) is 0 Å². The Kier molecular flexibility index (Phi) is 5.46. The van der Waals surface area contributed by atoms with Crippen LogP contribution < -0.4 is 11.5 Å². The summed E-state index contributed by atoms with van der Waals surface area (Å²) in [4.78, 5) is 22.8. The van der Waals surface area contributed by atoms with Crippen molar-refractivity contribution in [1.29, 1.82) is 0 Å². The van der Waals surface area contributed by atoms with Gasteiger partial charge in [-0.1, -0.05) is 53.9 Å². The number of hydrogen-bond acceptors (Lipinski definition) is 2. The van der Waals surface area contributed by atoms with E-state index in [9.17, 15) is 9.59 Å². The van der Waals surface area contributed by atoms with Crippen LogP contribution in [0.3, 0.4) is 0 Å². The van der Waals surface area contributed by atoms with Crippen LogP contribution in [0.5, 0.6) is 0 Å². The van der Waals surface area contributed by atoms with Gasteiger partial charge in [-0.3, -0.25) is 9.59 Å². The third-order valence-electron chi connectivity index (χ3n) is 6.18. The van der Waals surface area contributed by atoms with Crippen molar-refractivity contribution in [2.45, 2.75) is 76.8 Å². The molecule has 6 heteroatoms. The van der Waals surface area contributed by atoms with Gasteiger partial charge in [-0.2, -0.15) is 0 Å². The average molecular weight is 317 g/mol. The predicted molar refractivity (Wildman–Crippen MR) is 90.7 cm³/mol. The van der Waals surface area contributed by atoms with Gasteiger partial charge in [0.1, 0.15) is 0 Å². The fraction of sp³-hybridized carbons (Fsp3) is 0.857. The van der Waals surface area contributed by atoms with E-state index in [0.29, 0.717) is 12.8 Å². The van der Waals surface area contributed by atoms with E-state index < -0.39 is 15.2 Å². The van der Waals surface area contributed by atoms with Crippen molar-refractivity contribution in [3.63, 3.8) is 0 Å². The Morgan fingerprint density at radius 1 is 0.750 bits per heavy atom. The number of carbonyl (C=O) groups excluding carboxylic acids is 2. The van der Waals surface area contributed by atoms with Crippen LogP contribution in [0.2, 0.25) is 36.3 Å². The quantitative estimate of drug-likeness (QED) is 0.708. The fourth-order valence-electron chi connectivity index (χ4n) is 3.01. The van der Waals surface area contributed by atoms with Crippen molar-refractivity contribution in [3.05, 3.63) is 0 Å². The van der Waals surface area contributed by atoms with Crippen LogP contribution in [0.4, 0.5) is 0 Å². The molecule has 0 aromatic carbocycles. The zero-order valence-electron chi connectivity index (χ0n) is 14.4. The Morgan fingerprint density at radius 2 is 0.950 bits per heavy atom. The summed E-state index contributed by atoms with van der Waals surface area (Å²) >= 11 is 0. The molecule has 0 bridgehead atoms. The van der Waals surface area contributed by atoms with Crippen LogP contribution in [0.15, 0.2) is 0 Å². The third kappa shape index (κ3) is 3.52. The maximum Gasteiger partial charge on any atom is 0.217 e. The molecule has 0 fully saturated rings. The third-order valence-corrected chi connectivity index (χ3v) is 29.9. The van der Waals surface area contributed by atoms with Crippen molar-refractivity contribution < 1.29 is 9.59 Å². The lowest BCUT2D eigenvalue weighted by Gasteiger charge is -2.56. The largest absolute Gasteiger partial charge is 0.370 e. The summed E-state index contributed by atoms with van der Waals surface area (Å²) in [5.41, 5.74) is 10.9. The summed E-state index contributed by atoms with van der Waals surface area (Å²) in [7, 11) is -3.59. The Labute approximate surface area is 125 Å². The lowest BCUT2D eigenvalue weighted by atomic mass is 10.1. The van der Waals surface area contributed by atoms with Gasteiger partial charge in [-0.25, -0.2) is 0 Å². The van der Waals surface area contributed by atoms with E-state index in [1.807, 2.05) is 0 Å². The minimum Gasteiger partial charge on any atom is -0.370 e. The SMILES string of the molecule is CC(C)(CC(N)=O)[Si](C)(C)[Si](C)(C)C(C)(C)CC(N)=O. The fourth-order valence-corrected chi connectivity index (χ4v) is 18.3. The number of amides is 2. The number of primary amides is 2. The highest BCUT2D eigenvalue weighted by Crippen LogP contribution is 2.54. The van der Waals surface area contributed by atoms with Gasteiger partial charge in [0.15, 0.2) is 0 Å². The minimum atomic E-state index is -1.79. The van der Waals surface area contributed by atoms with E-state index in [1.54, 1.807) is 0 Å². The van der Waals surface area contributed by atoms with Crippen LogP contribution in [-0.2, 0) is 9.59 Å². The van der Waals surface area contributed by atoms with Gasteiger partial charge in [0, 0.05) is 28.0 Å². The normalized spacial score (nSPS) is 14.2. The summed E-state index contributed by atoms with van der Waals surface area (Å²) in [6, 6.07) is 0. The van der Waals surface area contributed by atoms with Crippen molar-refractivity contribution in [3.8, 4) is 0 Å². The van der Waals surface area contributed by atoms with E-state index in [4.69, 9.17) is 11.5 Å². The summed E-state index contributed by atoms with van der Waals surface area (Å²) < 4.78 is 0. The van der Waals surface area contributed by atoms with Crippen molar-refractivity contribution in [2.24, 2.45) is 11.5 Å². The van der Waals surface area contributed by atoms with Gasteiger partial charge in [0.2, 0.25) is 11.8 Å². The Hall–Kier alpha value is -0.626. The topological polar surface area (TPSA) is 86.2 Å². The second-order valence-corrected chi connectivity index (χ2v) is 25.0. The van der Waals surface area contributed by atoms with Crippen LogP contribution in [0.1, 0.15) is 40.5 Å². The Morgan fingerprint density at radius 3 is 1.10 bits per heavy atom. The first-order valence-electron chi connectivity index (χ1n) is 7.15. The molecule has 0 spiro atoms. The molecule has 0 atom stereocenters. The standard InChI is InChI=1S/C14H32N2O2Si2/c1-13(2,9-11(15)17)19(5,6)20(7,8)14(3,4)10-12(16)18/h9-10H2,1-8H3,(H2,15,17)(H2,16,18). The maximum absolute atomic E-state index is 11.4. The highest BCUT2D eigenvalue weighted by molar-refractivity contribution is 7.42. The van der Waals surface area contributed by atoms with E-state index in [1.165, 1.54) is 0 Å². The van der Waals surface area contributed by atoms with Gasteiger partial charge < -0.3 is 11.5 Å². The van der Waals surface area contributed by atoms with Crippen LogP contribution in [-0.4, -0.2) is 27.0 Å². The van der Waals surface area contributed by atoms with Gasteiger partial charge in [0.25, 0.3) is 0 Å². The highest BCUT2D eigenvalue weighted by atomic mass is 29.3.